The van der Waals surface area contributed by atoms with Crippen molar-refractivity contribution in [3.63, 3.8) is 0 Å². The third-order valence-electron chi connectivity index (χ3n) is 5.30. The van der Waals surface area contributed by atoms with Gasteiger partial charge < -0.3 is 4.74 Å². The fourth-order valence-electron chi connectivity index (χ4n) is 3.70. The predicted octanol–water partition coefficient (Wildman–Crippen LogP) is 5.17. The molecule has 0 saturated carbocycles. The van der Waals surface area contributed by atoms with Crippen LogP contribution in [-0.2, 0) is 0 Å². The van der Waals surface area contributed by atoms with Gasteiger partial charge in [0.1, 0.15) is 11.6 Å². The van der Waals surface area contributed by atoms with Gasteiger partial charge in [0.25, 0.3) is 0 Å². The molecule has 8 nitrogen and oxygen atoms in total. The van der Waals surface area contributed by atoms with Crippen LogP contribution in [0.2, 0.25) is 0 Å². The third kappa shape index (κ3) is 4.27. The van der Waals surface area contributed by atoms with E-state index in [4.69, 9.17) is 4.74 Å². The van der Waals surface area contributed by atoms with Crippen molar-refractivity contribution in [3.8, 4) is 22.7 Å². The van der Waals surface area contributed by atoms with Gasteiger partial charge in [0.15, 0.2) is 0 Å². The van der Waals surface area contributed by atoms with Crippen LogP contribution in [-0.4, -0.2) is 36.3 Å². The second-order valence-electron chi connectivity index (χ2n) is 7.69. The fraction of sp³-hybridized carbons (Fsp3) is 0.160. The van der Waals surface area contributed by atoms with Gasteiger partial charge in [-0.3, -0.25) is 5.32 Å². The summed E-state index contributed by atoms with van der Waals surface area (Å²) in [4.78, 5) is 18.1. The van der Waals surface area contributed by atoms with Crippen molar-refractivity contribution < 1.29 is 9.13 Å². The standard InChI is InChI=1S/C25H22FN7O/c1-4-34-19-8-9-22-20(13-19)15(2)28-25(30-22)31-24-27-11-10-23(29-24)21-14-33(32-16(21)3)18-7-5-6-17(26)12-18/h5-14H,4H2,1-3H3,(H,27,28,29,30,31). The average Bonchev–Trinajstić information content (AvgIpc) is 3.22. The molecule has 0 atom stereocenters. The average molecular weight is 455 g/mol. The number of ether oxygens (including phenoxy) is 1. The molecule has 0 aliphatic carbocycles. The Morgan fingerprint density at radius 1 is 0.971 bits per heavy atom. The number of aryl methyl sites for hydroxylation is 2. The first-order valence-electron chi connectivity index (χ1n) is 10.8. The number of rotatable bonds is 6. The van der Waals surface area contributed by atoms with Crippen LogP contribution in [0.4, 0.5) is 16.3 Å². The highest BCUT2D eigenvalue weighted by Crippen LogP contribution is 2.26. The Balaban J connectivity index is 1.44. The van der Waals surface area contributed by atoms with Crippen molar-refractivity contribution in [2.75, 3.05) is 11.9 Å². The lowest BCUT2D eigenvalue weighted by Gasteiger charge is -2.09. The normalized spacial score (nSPS) is 11.1. The van der Waals surface area contributed by atoms with E-state index in [1.807, 2.05) is 45.2 Å². The number of halogens is 1. The van der Waals surface area contributed by atoms with Crippen molar-refractivity contribution in [2.24, 2.45) is 0 Å². The summed E-state index contributed by atoms with van der Waals surface area (Å²) >= 11 is 0. The van der Waals surface area contributed by atoms with Crippen LogP contribution in [0.1, 0.15) is 18.3 Å². The van der Waals surface area contributed by atoms with E-state index in [0.29, 0.717) is 29.9 Å². The molecule has 0 saturated heterocycles. The number of hydrogen-bond acceptors (Lipinski definition) is 7. The van der Waals surface area contributed by atoms with Crippen molar-refractivity contribution >= 4 is 22.8 Å². The van der Waals surface area contributed by atoms with E-state index in [9.17, 15) is 4.39 Å². The molecule has 170 valence electrons. The zero-order valence-corrected chi connectivity index (χ0v) is 19.0. The van der Waals surface area contributed by atoms with E-state index in [-0.39, 0.29) is 5.82 Å². The van der Waals surface area contributed by atoms with E-state index in [1.165, 1.54) is 12.1 Å². The maximum absolute atomic E-state index is 13.6. The number of nitrogens with zero attached hydrogens (tertiary/aromatic N) is 6. The third-order valence-corrected chi connectivity index (χ3v) is 5.30. The molecule has 0 unspecified atom stereocenters. The molecule has 9 heteroatoms. The Kier molecular flexibility index (Phi) is 5.59. The maximum Gasteiger partial charge on any atom is 0.230 e. The zero-order chi connectivity index (χ0) is 23.7. The summed E-state index contributed by atoms with van der Waals surface area (Å²) < 4.78 is 20.8. The Hall–Kier alpha value is -4.40. The Morgan fingerprint density at radius 3 is 2.68 bits per heavy atom. The van der Waals surface area contributed by atoms with Gasteiger partial charge in [0, 0.05) is 23.3 Å². The van der Waals surface area contributed by atoms with Gasteiger partial charge in [-0.2, -0.15) is 5.10 Å². The number of fused-ring (bicyclic) bond motifs is 1. The molecule has 0 aliphatic rings. The largest absolute Gasteiger partial charge is 0.494 e. The lowest BCUT2D eigenvalue weighted by atomic mass is 10.2. The van der Waals surface area contributed by atoms with Crippen molar-refractivity contribution in [1.29, 1.82) is 0 Å². The van der Waals surface area contributed by atoms with Gasteiger partial charge in [0.05, 0.1) is 34.9 Å². The number of benzene rings is 2. The molecule has 1 N–H and O–H groups in total. The topological polar surface area (TPSA) is 90.6 Å². The number of nitrogens with one attached hydrogen (secondary N) is 1. The van der Waals surface area contributed by atoms with Crippen molar-refractivity contribution in [1.82, 2.24) is 29.7 Å². The number of anilines is 2. The highest BCUT2D eigenvalue weighted by atomic mass is 19.1. The van der Waals surface area contributed by atoms with Crippen LogP contribution >= 0.6 is 0 Å². The molecule has 0 aliphatic heterocycles. The molecule has 0 fully saturated rings. The van der Waals surface area contributed by atoms with Crippen LogP contribution < -0.4 is 10.1 Å². The first kappa shape index (κ1) is 21.4. The summed E-state index contributed by atoms with van der Waals surface area (Å²) in [5.74, 6) is 1.23. The highest BCUT2D eigenvalue weighted by Gasteiger charge is 2.13. The second-order valence-corrected chi connectivity index (χ2v) is 7.69. The predicted molar refractivity (Wildman–Crippen MR) is 128 cm³/mol. The molecule has 0 amide bonds. The summed E-state index contributed by atoms with van der Waals surface area (Å²) in [6.07, 6.45) is 3.48. The molecule has 0 bridgehead atoms. The van der Waals surface area contributed by atoms with Crippen molar-refractivity contribution in [2.45, 2.75) is 20.8 Å². The lowest BCUT2D eigenvalue weighted by molar-refractivity contribution is 0.340. The van der Waals surface area contributed by atoms with Gasteiger partial charge >= 0.3 is 0 Å². The van der Waals surface area contributed by atoms with Gasteiger partial charge in [-0.05, 0) is 63.2 Å². The second kappa shape index (κ2) is 8.86. The van der Waals surface area contributed by atoms with Gasteiger partial charge in [-0.25, -0.2) is 29.0 Å². The SMILES string of the molecule is CCOc1ccc2nc(Nc3nccc(-c4cn(-c5cccc(F)c5)nc4C)n3)nc(C)c2c1. The summed E-state index contributed by atoms with van der Waals surface area (Å²) in [5.41, 5.74) is 4.50. The van der Waals surface area contributed by atoms with Crippen LogP contribution in [0.5, 0.6) is 5.75 Å². The Bertz CT molecular complexity index is 1500. The van der Waals surface area contributed by atoms with Gasteiger partial charge in [-0.1, -0.05) is 6.07 Å². The molecule has 34 heavy (non-hydrogen) atoms. The molecule has 3 heterocycles. The molecule has 5 aromatic rings. The molecule has 2 aromatic carbocycles. The van der Waals surface area contributed by atoms with Crippen LogP contribution in [0, 0.1) is 19.7 Å². The summed E-state index contributed by atoms with van der Waals surface area (Å²) in [6, 6.07) is 13.8. The number of hydrogen-bond donors (Lipinski definition) is 1. The first-order chi connectivity index (χ1) is 16.5. The lowest BCUT2D eigenvalue weighted by Crippen LogP contribution is -2.03. The van der Waals surface area contributed by atoms with E-state index < -0.39 is 0 Å². The highest BCUT2D eigenvalue weighted by molar-refractivity contribution is 5.83. The molecular formula is C25H22FN7O. The first-order valence-corrected chi connectivity index (χ1v) is 10.8. The molecule has 0 spiro atoms. The number of aromatic nitrogens is 6. The fourth-order valence-corrected chi connectivity index (χ4v) is 3.70. The van der Waals surface area contributed by atoms with E-state index in [2.05, 4.69) is 30.4 Å². The van der Waals surface area contributed by atoms with E-state index in [0.717, 1.165) is 33.6 Å². The summed E-state index contributed by atoms with van der Waals surface area (Å²) in [6.45, 7) is 6.35. The molecular weight excluding hydrogens is 433 g/mol. The molecule has 0 radical (unpaired) electrons. The quantitative estimate of drug-likeness (QED) is 0.378. The van der Waals surface area contributed by atoms with E-state index >= 15 is 0 Å². The smallest absolute Gasteiger partial charge is 0.230 e. The maximum atomic E-state index is 13.6. The van der Waals surface area contributed by atoms with Gasteiger partial charge in [0.2, 0.25) is 11.9 Å². The Morgan fingerprint density at radius 2 is 1.85 bits per heavy atom. The minimum absolute atomic E-state index is 0.319. The van der Waals surface area contributed by atoms with E-state index in [1.54, 1.807) is 29.1 Å². The minimum Gasteiger partial charge on any atom is -0.494 e. The minimum atomic E-state index is -0.319. The molecule has 3 aromatic heterocycles. The van der Waals surface area contributed by atoms with Crippen LogP contribution in [0.15, 0.2) is 60.9 Å². The zero-order valence-electron chi connectivity index (χ0n) is 19.0. The van der Waals surface area contributed by atoms with Gasteiger partial charge in [-0.15, -0.1) is 0 Å². The molecule has 5 rings (SSSR count). The Labute approximate surface area is 195 Å². The van der Waals surface area contributed by atoms with Crippen molar-refractivity contribution in [3.05, 3.63) is 78.1 Å². The van der Waals surface area contributed by atoms with Crippen LogP contribution in [0.25, 0.3) is 27.8 Å². The summed E-state index contributed by atoms with van der Waals surface area (Å²) in [5, 5.41) is 8.53. The monoisotopic (exact) mass is 455 g/mol. The summed E-state index contributed by atoms with van der Waals surface area (Å²) in [7, 11) is 0. The van der Waals surface area contributed by atoms with Crippen LogP contribution in [0.3, 0.4) is 0 Å².